The van der Waals surface area contributed by atoms with Crippen LogP contribution in [0.5, 0.6) is 5.75 Å². The van der Waals surface area contributed by atoms with Gasteiger partial charge in [0.1, 0.15) is 17.8 Å². The van der Waals surface area contributed by atoms with Gasteiger partial charge in [0.05, 0.1) is 25.6 Å². The summed E-state index contributed by atoms with van der Waals surface area (Å²) < 4.78 is 0. The molecule has 0 saturated heterocycles. The number of aromatic hydroxyl groups is 1. The van der Waals surface area contributed by atoms with Gasteiger partial charge >= 0.3 is 11.9 Å². The highest BCUT2D eigenvalue weighted by molar-refractivity contribution is 5.93. The summed E-state index contributed by atoms with van der Waals surface area (Å²) in [5.41, 5.74) is 17.1. The standard InChI is InChI=1S/C23H34N8O9/c24-14(8-12-3-5-13(32)6-4-12)20(37)28-10-17(33)30-15(2-1-7-27-23(25)26)21(38)29-11-18(34)31-16(22(39)40)9-19(35)36/h3-6,14-16,32H,1-2,7-11,24H2,(H,28,37)(H,29,38)(H,30,33)(H,31,34)(H,35,36)(H,39,40)(H4,25,26,27)/t14-,15-,16-/m0/s1. The number of rotatable bonds is 17. The molecular weight excluding hydrogens is 532 g/mol. The lowest BCUT2D eigenvalue weighted by molar-refractivity contribution is -0.147. The number of carboxylic acids is 2. The summed E-state index contributed by atoms with van der Waals surface area (Å²) in [4.78, 5) is 75.0. The third-order valence-corrected chi connectivity index (χ3v) is 5.18. The highest BCUT2D eigenvalue weighted by Gasteiger charge is 2.25. The third-order valence-electron chi connectivity index (χ3n) is 5.18. The maximum Gasteiger partial charge on any atom is 0.326 e. The average molecular weight is 567 g/mol. The lowest BCUT2D eigenvalue weighted by Gasteiger charge is -2.19. The Kier molecular flexibility index (Phi) is 13.9. The van der Waals surface area contributed by atoms with Crippen LogP contribution < -0.4 is 38.5 Å². The fourth-order valence-corrected chi connectivity index (χ4v) is 3.21. The van der Waals surface area contributed by atoms with E-state index in [-0.39, 0.29) is 37.5 Å². The molecule has 0 aliphatic heterocycles. The number of phenols is 1. The molecule has 0 bridgehead atoms. The van der Waals surface area contributed by atoms with Crippen molar-refractivity contribution >= 4 is 41.5 Å². The zero-order chi connectivity index (χ0) is 30.2. The van der Waals surface area contributed by atoms with Crippen molar-refractivity contribution in [3.63, 3.8) is 0 Å². The average Bonchev–Trinajstić information content (AvgIpc) is 2.87. The summed E-state index contributed by atoms with van der Waals surface area (Å²) in [5, 5.41) is 36.1. The smallest absolute Gasteiger partial charge is 0.326 e. The quantitative estimate of drug-likeness (QED) is 0.0491. The molecule has 1 rings (SSSR count). The zero-order valence-electron chi connectivity index (χ0n) is 21.5. The van der Waals surface area contributed by atoms with Crippen molar-refractivity contribution in [2.45, 2.75) is 43.8 Å². The van der Waals surface area contributed by atoms with Gasteiger partial charge in [-0.15, -0.1) is 0 Å². The summed E-state index contributed by atoms with van der Waals surface area (Å²) in [7, 11) is 0. The van der Waals surface area contributed by atoms with Crippen molar-refractivity contribution in [2.75, 3.05) is 19.6 Å². The number of nitrogens with zero attached hydrogens (tertiary/aromatic N) is 1. The van der Waals surface area contributed by atoms with E-state index in [1.807, 2.05) is 5.32 Å². The highest BCUT2D eigenvalue weighted by Crippen LogP contribution is 2.10. The minimum Gasteiger partial charge on any atom is -0.508 e. The monoisotopic (exact) mass is 566 g/mol. The van der Waals surface area contributed by atoms with Crippen molar-refractivity contribution in [3.8, 4) is 5.75 Å². The number of amides is 4. The van der Waals surface area contributed by atoms with Gasteiger partial charge in [0.25, 0.3) is 0 Å². The van der Waals surface area contributed by atoms with Gasteiger partial charge in [0, 0.05) is 6.54 Å². The Balaban J connectivity index is 2.68. The van der Waals surface area contributed by atoms with E-state index < -0.39 is 73.2 Å². The normalized spacial score (nSPS) is 12.6. The van der Waals surface area contributed by atoms with Crippen LogP contribution >= 0.6 is 0 Å². The maximum absolute atomic E-state index is 12.7. The fraction of sp³-hybridized carbons (Fsp3) is 0.435. The second-order valence-corrected chi connectivity index (χ2v) is 8.54. The predicted octanol–water partition coefficient (Wildman–Crippen LogP) is -3.92. The molecule has 40 heavy (non-hydrogen) atoms. The van der Waals surface area contributed by atoms with Crippen molar-refractivity contribution < 1.29 is 44.1 Å². The topological polar surface area (TPSA) is 302 Å². The van der Waals surface area contributed by atoms with E-state index in [0.717, 1.165) is 0 Å². The number of nitrogens with one attached hydrogen (secondary N) is 4. The fourth-order valence-electron chi connectivity index (χ4n) is 3.21. The molecule has 17 nitrogen and oxygen atoms in total. The molecule has 0 unspecified atom stereocenters. The third kappa shape index (κ3) is 13.6. The van der Waals surface area contributed by atoms with E-state index in [9.17, 15) is 33.9 Å². The molecule has 0 saturated carbocycles. The SMILES string of the molecule is NC(N)=NCCC[C@H](NC(=O)CNC(=O)[C@@H](N)Cc1ccc(O)cc1)C(=O)NCC(=O)N[C@@H](CC(=O)O)C(=O)O. The van der Waals surface area contributed by atoms with E-state index >= 15 is 0 Å². The summed E-state index contributed by atoms with van der Waals surface area (Å²) in [5.74, 6) is -6.31. The molecule has 0 spiro atoms. The summed E-state index contributed by atoms with van der Waals surface area (Å²) in [6, 6.07) is 2.17. The number of nitrogens with two attached hydrogens (primary N) is 3. The zero-order valence-corrected chi connectivity index (χ0v) is 21.5. The van der Waals surface area contributed by atoms with E-state index in [1.54, 1.807) is 12.1 Å². The van der Waals surface area contributed by atoms with Gasteiger partial charge in [-0.25, -0.2) is 4.79 Å². The van der Waals surface area contributed by atoms with Gasteiger partial charge in [0.2, 0.25) is 23.6 Å². The van der Waals surface area contributed by atoms with Crippen LogP contribution in [-0.2, 0) is 35.2 Å². The van der Waals surface area contributed by atoms with E-state index in [1.165, 1.54) is 12.1 Å². The molecule has 17 heteroatoms. The van der Waals surface area contributed by atoms with Gasteiger partial charge in [0.15, 0.2) is 5.96 Å². The number of aliphatic imine (C=N–C) groups is 1. The van der Waals surface area contributed by atoms with Crippen molar-refractivity contribution in [1.29, 1.82) is 0 Å². The summed E-state index contributed by atoms with van der Waals surface area (Å²) in [6.07, 6.45) is -0.462. The molecule has 1 aromatic rings. The molecule has 0 aromatic heterocycles. The Labute approximate surface area is 228 Å². The second kappa shape index (κ2) is 16.8. The highest BCUT2D eigenvalue weighted by atomic mass is 16.4. The van der Waals surface area contributed by atoms with Gasteiger partial charge in [-0.1, -0.05) is 12.1 Å². The predicted molar refractivity (Wildman–Crippen MR) is 139 cm³/mol. The number of aliphatic carboxylic acids is 2. The first-order valence-electron chi connectivity index (χ1n) is 12.0. The molecule has 0 heterocycles. The Hall–Kier alpha value is -4.93. The number of carbonyl (C=O) groups excluding carboxylic acids is 4. The van der Waals surface area contributed by atoms with Crippen LogP contribution in [0.3, 0.4) is 0 Å². The summed E-state index contributed by atoms with van der Waals surface area (Å²) in [6.45, 7) is -1.10. The number of hydrogen-bond acceptors (Lipinski definition) is 9. The molecule has 0 aliphatic carbocycles. The number of benzene rings is 1. The molecule has 13 N–H and O–H groups in total. The Morgan fingerprint density at radius 3 is 1.93 bits per heavy atom. The number of carboxylic acid groups (broad SMARTS) is 2. The summed E-state index contributed by atoms with van der Waals surface area (Å²) >= 11 is 0. The molecular formula is C23H34N8O9. The lowest BCUT2D eigenvalue weighted by atomic mass is 10.1. The van der Waals surface area contributed by atoms with E-state index in [4.69, 9.17) is 27.4 Å². The van der Waals surface area contributed by atoms with Gasteiger partial charge in [-0.2, -0.15) is 0 Å². The van der Waals surface area contributed by atoms with Gasteiger partial charge < -0.3 is 53.8 Å². The first kappa shape index (κ1) is 33.1. The van der Waals surface area contributed by atoms with E-state index in [0.29, 0.717) is 5.56 Å². The first-order valence-corrected chi connectivity index (χ1v) is 12.0. The molecule has 220 valence electrons. The maximum atomic E-state index is 12.7. The van der Waals surface area contributed by atoms with Crippen LogP contribution in [0.4, 0.5) is 0 Å². The van der Waals surface area contributed by atoms with Gasteiger partial charge in [-0.05, 0) is 37.0 Å². The minimum atomic E-state index is -1.71. The number of phenolic OH excluding ortho intramolecular Hbond substituents is 1. The van der Waals surface area contributed by atoms with Crippen molar-refractivity contribution in [2.24, 2.45) is 22.2 Å². The second-order valence-electron chi connectivity index (χ2n) is 8.54. The van der Waals surface area contributed by atoms with Crippen LogP contribution in [-0.4, -0.2) is 94.6 Å². The molecule has 4 amide bonds. The number of carbonyl (C=O) groups is 6. The Morgan fingerprint density at radius 1 is 0.850 bits per heavy atom. The minimum absolute atomic E-state index is 0.0288. The van der Waals surface area contributed by atoms with Crippen LogP contribution in [0, 0.1) is 0 Å². The molecule has 3 atom stereocenters. The van der Waals surface area contributed by atoms with Gasteiger partial charge in [-0.3, -0.25) is 29.0 Å². The molecule has 0 radical (unpaired) electrons. The molecule has 0 aliphatic rings. The Morgan fingerprint density at radius 2 is 1.40 bits per heavy atom. The van der Waals surface area contributed by atoms with Crippen LogP contribution in [0.2, 0.25) is 0 Å². The first-order chi connectivity index (χ1) is 18.8. The lowest BCUT2D eigenvalue weighted by Crippen LogP contribution is -2.53. The molecule has 1 aromatic carbocycles. The van der Waals surface area contributed by atoms with Crippen molar-refractivity contribution in [1.82, 2.24) is 21.3 Å². The van der Waals surface area contributed by atoms with Crippen LogP contribution in [0.25, 0.3) is 0 Å². The van der Waals surface area contributed by atoms with Crippen LogP contribution in [0.1, 0.15) is 24.8 Å². The van der Waals surface area contributed by atoms with Crippen molar-refractivity contribution in [3.05, 3.63) is 29.8 Å². The Bertz CT molecular complexity index is 1090. The van der Waals surface area contributed by atoms with Crippen LogP contribution in [0.15, 0.2) is 29.3 Å². The molecule has 0 fully saturated rings. The number of hydrogen-bond donors (Lipinski definition) is 10. The largest absolute Gasteiger partial charge is 0.508 e. The van der Waals surface area contributed by atoms with E-state index in [2.05, 4.69) is 20.9 Å². The number of guanidine groups is 1.